The van der Waals surface area contributed by atoms with E-state index in [9.17, 15) is 4.79 Å². The van der Waals surface area contributed by atoms with Gasteiger partial charge in [0.05, 0.1) is 5.39 Å². The van der Waals surface area contributed by atoms with Gasteiger partial charge in [-0.2, -0.15) is 0 Å². The zero-order valence-electron chi connectivity index (χ0n) is 19.0. The fourth-order valence-electron chi connectivity index (χ4n) is 5.67. The van der Waals surface area contributed by atoms with Gasteiger partial charge in [-0.25, -0.2) is 9.97 Å². The van der Waals surface area contributed by atoms with Crippen molar-refractivity contribution in [2.24, 2.45) is 5.92 Å². The number of carbonyl (C=O) groups excluding carboxylic acids is 1. The molecule has 168 valence electrons. The highest BCUT2D eigenvalue weighted by atomic mass is 32.1. The number of aryl methyl sites for hydroxylation is 3. The second-order valence-electron chi connectivity index (χ2n) is 9.61. The van der Waals surface area contributed by atoms with Gasteiger partial charge in [-0.05, 0) is 50.5 Å². The molecule has 5 nitrogen and oxygen atoms in total. The highest BCUT2D eigenvalue weighted by Gasteiger charge is 2.30. The molecular formula is C25H36N4OS. The lowest BCUT2D eigenvalue weighted by Crippen LogP contribution is -2.51. The average Bonchev–Trinajstić information content (AvgIpc) is 2.99. The quantitative estimate of drug-likeness (QED) is 0.618. The number of carbonyl (C=O) groups is 1. The van der Waals surface area contributed by atoms with Gasteiger partial charge in [0.1, 0.15) is 16.5 Å². The van der Waals surface area contributed by atoms with E-state index in [1.54, 1.807) is 4.88 Å². The Morgan fingerprint density at radius 3 is 2.48 bits per heavy atom. The molecule has 3 heterocycles. The largest absolute Gasteiger partial charge is 0.352 e. The van der Waals surface area contributed by atoms with Crippen LogP contribution in [0.4, 0.5) is 5.82 Å². The topological polar surface area (TPSA) is 49.3 Å². The van der Waals surface area contributed by atoms with Crippen LogP contribution in [-0.2, 0) is 24.1 Å². The van der Waals surface area contributed by atoms with Crippen LogP contribution in [0, 0.1) is 5.92 Å². The molecule has 0 bridgehead atoms. The summed E-state index contributed by atoms with van der Waals surface area (Å²) in [5, 5.41) is 1.33. The maximum atomic E-state index is 13.0. The number of rotatable bonds is 4. The molecular weight excluding hydrogens is 404 g/mol. The van der Waals surface area contributed by atoms with Gasteiger partial charge in [0.25, 0.3) is 0 Å². The molecule has 1 aliphatic heterocycles. The minimum atomic E-state index is 0.273. The number of nitrogens with zero attached hydrogens (tertiary/aromatic N) is 4. The summed E-state index contributed by atoms with van der Waals surface area (Å²) in [5.74, 6) is 2.82. The minimum Gasteiger partial charge on any atom is -0.352 e. The van der Waals surface area contributed by atoms with Crippen molar-refractivity contribution in [3.05, 3.63) is 16.3 Å². The van der Waals surface area contributed by atoms with E-state index in [-0.39, 0.29) is 5.92 Å². The first-order valence-corrected chi connectivity index (χ1v) is 13.4. The number of amides is 1. The van der Waals surface area contributed by atoms with Crippen LogP contribution in [-0.4, -0.2) is 47.0 Å². The van der Waals surface area contributed by atoms with Crippen molar-refractivity contribution in [2.45, 2.75) is 84.0 Å². The van der Waals surface area contributed by atoms with Crippen LogP contribution in [0.2, 0.25) is 0 Å². The summed E-state index contributed by atoms with van der Waals surface area (Å²) in [5.41, 5.74) is 1.52. The predicted molar refractivity (Wildman–Crippen MR) is 128 cm³/mol. The molecule has 2 aromatic rings. The molecule has 0 aromatic carbocycles. The zero-order chi connectivity index (χ0) is 21.2. The molecule has 0 N–H and O–H groups in total. The number of hydrogen-bond acceptors (Lipinski definition) is 5. The molecule has 1 saturated heterocycles. The van der Waals surface area contributed by atoms with Crippen molar-refractivity contribution >= 4 is 33.3 Å². The molecule has 3 aliphatic rings. The van der Waals surface area contributed by atoms with E-state index in [1.807, 2.05) is 11.3 Å². The maximum absolute atomic E-state index is 13.0. The van der Waals surface area contributed by atoms with E-state index >= 15 is 0 Å². The molecule has 2 aliphatic carbocycles. The van der Waals surface area contributed by atoms with E-state index in [4.69, 9.17) is 9.97 Å². The summed E-state index contributed by atoms with van der Waals surface area (Å²) in [6.45, 7) is 5.64. The molecule has 1 amide bonds. The minimum absolute atomic E-state index is 0.273. The summed E-state index contributed by atoms with van der Waals surface area (Å²) >= 11 is 1.91. The van der Waals surface area contributed by atoms with Crippen molar-refractivity contribution in [1.29, 1.82) is 0 Å². The zero-order valence-corrected chi connectivity index (χ0v) is 19.8. The number of aromatic nitrogens is 2. The number of anilines is 1. The Morgan fingerprint density at radius 1 is 0.968 bits per heavy atom. The van der Waals surface area contributed by atoms with Crippen LogP contribution in [0.25, 0.3) is 10.2 Å². The summed E-state index contributed by atoms with van der Waals surface area (Å²) in [7, 11) is 0. The van der Waals surface area contributed by atoms with E-state index in [0.29, 0.717) is 5.91 Å². The van der Waals surface area contributed by atoms with Crippen LogP contribution in [0.5, 0.6) is 0 Å². The molecule has 31 heavy (non-hydrogen) atoms. The Balaban J connectivity index is 1.40. The standard InChI is InChI=1S/C25H36N4OS/c1-2-9-21-26-23(22-19-12-7-4-8-13-20(19)31-24(22)27-21)28-14-16-29(17-15-28)25(30)18-10-5-3-6-11-18/h18H,2-17H2,1H3. The predicted octanol–water partition coefficient (Wildman–Crippen LogP) is 5.14. The van der Waals surface area contributed by atoms with Gasteiger partial charge in [-0.15, -0.1) is 11.3 Å². The number of thiophene rings is 1. The van der Waals surface area contributed by atoms with Crippen molar-refractivity contribution in [1.82, 2.24) is 14.9 Å². The summed E-state index contributed by atoms with van der Waals surface area (Å²) in [6.07, 6.45) is 14.2. The first-order chi connectivity index (χ1) is 15.2. The highest BCUT2D eigenvalue weighted by Crippen LogP contribution is 2.39. The molecule has 2 aromatic heterocycles. The van der Waals surface area contributed by atoms with Gasteiger partial charge in [-0.1, -0.05) is 32.6 Å². The van der Waals surface area contributed by atoms with Gasteiger partial charge in [-0.3, -0.25) is 4.79 Å². The van der Waals surface area contributed by atoms with Crippen molar-refractivity contribution < 1.29 is 4.79 Å². The summed E-state index contributed by atoms with van der Waals surface area (Å²) in [6, 6.07) is 0. The third-order valence-corrected chi connectivity index (χ3v) is 8.60. The Kier molecular flexibility index (Phi) is 6.44. The SMILES string of the molecule is CCCc1nc(N2CCN(C(=O)C3CCCCC3)CC2)c2c3c(sc2n1)CCCCC3. The van der Waals surface area contributed by atoms with Crippen LogP contribution in [0.3, 0.4) is 0 Å². The second-order valence-corrected chi connectivity index (χ2v) is 10.7. The number of hydrogen-bond donors (Lipinski definition) is 0. The smallest absolute Gasteiger partial charge is 0.225 e. The van der Waals surface area contributed by atoms with Crippen LogP contribution in [0.1, 0.15) is 81.0 Å². The normalized spacial score (nSPS) is 20.7. The van der Waals surface area contributed by atoms with Gasteiger partial charge in [0.2, 0.25) is 5.91 Å². The first-order valence-electron chi connectivity index (χ1n) is 12.6. The Labute approximate surface area is 190 Å². The fraction of sp³-hybridized carbons (Fsp3) is 0.720. The van der Waals surface area contributed by atoms with Crippen LogP contribution in [0.15, 0.2) is 0 Å². The van der Waals surface area contributed by atoms with Crippen LogP contribution >= 0.6 is 11.3 Å². The van der Waals surface area contributed by atoms with Gasteiger partial charge < -0.3 is 9.80 Å². The van der Waals surface area contributed by atoms with Crippen molar-refractivity contribution in [3.8, 4) is 0 Å². The molecule has 5 rings (SSSR count). The van der Waals surface area contributed by atoms with Gasteiger partial charge in [0.15, 0.2) is 0 Å². The van der Waals surface area contributed by atoms with Gasteiger partial charge >= 0.3 is 0 Å². The van der Waals surface area contributed by atoms with Crippen molar-refractivity contribution in [2.75, 3.05) is 31.1 Å². The Morgan fingerprint density at radius 2 is 1.71 bits per heavy atom. The molecule has 2 fully saturated rings. The fourth-order valence-corrected chi connectivity index (χ4v) is 6.94. The Bertz CT molecular complexity index is 925. The monoisotopic (exact) mass is 440 g/mol. The Hall–Kier alpha value is -1.69. The maximum Gasteiger partial charge on any atom is 0.225 e. The summed E-state index contributed by atoms with van der Waals surface area (Å²) < 4.78 is 0. The molecule has 0 radical (unpaired) electrons. The molecule has 1 saturated carbocycles. The van der Waals surface area contributed by atoms with E-state index in [2.05, 4.69) is 16.7 Å². The highest BCUT2D eigenvalue weighted by molar-refractivity contribution is 7.19. The lowest BCUT2D eigenvalue weighted by molar-refractivity contribution is -0.136. The third-order valence-electron chi connectivity index (χ3n) is 7.41. The second kappa shape index (κ2) is 9.43. The molecule has 0 spiro atoms. The number of piperazine rings is 1. The van der Waals surface area contributed by atoms with Crippen molar-refractivity contribution in [3.63, 3.8) is 0 Å². The third kappa shape index (κ3) is 4.33. The van der Waals surface area contributed by atoms with E-state index < -0.39 is 0 Å². The average molecular weight is 441 g/mol. The lowest BCUT2D eigenvalue weighted by Gasteiger charge is -2.38. The molecule has 0 unspecified atom stereocenters. The van der Waals surface area contributed by atoms with Gasteiger partial charge in [0, 0.05) is 43.4 Å². The van der Waals surface area contributed by atoms with E-state index in [1.165, 1.54) is 67.1 Å². The lowest BCUT2D eigenvalue weighted by atomic mass is 9.88. The molecule has 6 heteroatoms. The van der Waals surface area contributed by atoms with Crippen LogP contribution < -0.4 is 4.90 Å². The summed E-state index contributed by atoms with van der Waals surface area (Å²) in [4.78, 5) is 30.4. The number of fused-ring (bicyclic) bond motifs is 3. The van der Waals surface area contributed by atoms with E-state index in [0.717, 1.165) is 63.5 Å². The molecule has 0 atom stereocenters. The first kappa shape index (κ1) is 21.2.